The smallest absolute Gasteiger partial charge is 0.330 e. The summed E-state index contributed by atoms with van der Waals surface area (Å²) in [6.07, 6.45) is 2.58. The first kappa shape index (κ1) is 12.4. The summed E-state index contributed by atoms with van der Waals surface area (Å²) in [4.78, 5) is 11.0. The van der Waals surface area contributed by atoms with Crippen LogP contribution in [-0.2, 0) is 9.53 Å². The number of rotatable bonds is 3. The number of esters is 1. The van der Waals surface area contributed by atoms with Crippen molar-refractivity contribution in [2.45, 2.75) is 13.8 Å². The molecule has 0 heterocycles. The van der Waals surface area contributed by atoms with E-state index in [1.165, 1.54) is 25.1 Å². The highest BCUT2D eigenvalue weighted by molar-refractivity contribution is 5.87. The molecule has 0 fully saturated rings. The summed E-state index contributed by atoms with van der Waals surface area (Å²) in [7, 11) is 0. The minimum atomic E-state index is -0.897. The Bertz CT molecular complexity index is 425. The summed E-state index contributed by atoms with van der Waals surface area (Å²) < 4.78 is 30.6. The van der Waals surface area contributed by atoms with Gasteiger partial charge in [0.2, 0.25) is 0 Å². The molecular weight excluding hydrogens is 214 g/mol. The van der Waals surface area contributed by atoms with Crippen molar-refractivity contribution < 1.29 is 18.3 Å². The van der Waals surface area contributed by atoms with E-state index >= 15 is 0 Å². The number of ether oxygens (including phenoxy) is 1. The molecule has 0 atom stereocenters. The monoisotopic (exact) mass is 226 g/mol. The Morgan fingerprint density at radius 1 is 1.44 bits per heavy atom. The molecule has 0 amide bonds. The number of hydrogen-bond acceptors (Lipinski definition) is 2. The molecule has 0 aliphatic carbocycles. The van der Waals surface area contributed by atoms with Crippen LogP contribution in [0.4, 0.5) is 8.78 Å². The van der Waals surface area contributed by atoms with E-state index in [1.807, 2.05) is 0 Å². The summed E-state index contributed by atoms with van der Waals surface area (Å²) in [5, 5.41) is 0. The molecule has 1 rings (SSSR count). The molecule has 0 saturated carbocycles. The van der Waals surface area contributed by atoms with E-state index in [0.29, 0.717) is 5.56 Å². The van der Waals surface area contributed by atoms with Crippen molar-refractivity contribution in [2.24, 2.45) is 0 Å². The van der Waals surface area contributed by atoms with Crippen LogP contribution in [0.1, 0.15) is 18.1 Å². The van der Waals surface area contributed by atoms with Crippen LogP contribution in [0.2, 0.25) is 0 Å². The third kappa shape index (κ3) is 2.89. The van der Waals surface area contributed by atoms with Crippen LogP contribution in [0.15, 0.2) is 18.2 Å². The fourth-order valence-electron chi connectivity index (χ4n) is 1.20. The Morgan fingerprint density at radius 3 is 2.75 bits per heavy atom. The van der Waals surface area contributed by atoms with Gasteiger partial charge in [-0.25, -0.2) is 13.6 Å². The third-order valence-corrected chi connectivity index (χ3v) is 2.07. The van der Waals surface area contributed by atoms with Crippen molar-refractivity contribution in [3.8, 4) is 0 Å². The summed E-state index contributed by atoms with van der Waals surface area (Å²) in [5.41, 5.74) is 0.618. The predicted molar refractivity (Wildman–Crippen MR) is 56.8 cm³/mol. The quantitative estimate of drug-likeness (QED) is 0.585. The van der Waals surface area contributed by atoms with Gasteiger partial charge in [-0.15, -0.1) is 0 Å². The minimum Gasteiger partial charge on any atom is -0.463 e. The molecule has 16 heavy (non-hydrogen) atoms. The molecule has 0 aliphatic heterocycles. The van der Waals surface area contributed by atoms with E-state index in [1.54, 1.807) is 6.92 Å². The van der Waals surface area contributed by atoms with E-state index in [2.05, 4.69) is 4.74 Å². The number of hydrogen-bond donors (Lipinski definition) is 0. The van der Waals surface area contributed by atoms with Crippen LogP contribution in [0.25, 0.3) is 6.08 Å². The average Bonchev–Trinajstić information content (AvgIpc) is 2.25. The van der Waals surface area contributed by atoms with Crippen molar-refractivity contribution in [2.75, 3.05) is 6.61 Å². The van der Waals surface area contributed by atoms with E-state index in [-0.39, 0.29) is 12.2 Å². The van der Waals surface area contributed by atoms with Crippen LogP contribution in [-0.4, -0.2) is 12.6 Å². The lowest BCUT2D eigenvalue weighted by Gasteiger charge is -2.02. The lowest BCUT2D eigenvalue weighted by Crippen LogP contribution is -1.99. The van der Waals surface area contributed by atoms with Gasteiger partial charge >= 0.3 is 5.97 Å². The maximum Gasteiger partial charge on any atom is 0.330 e. The summed E-state index contributed by atoms with van der Waals surface area (Å²) >= 11 is 0. The van der Waals surface area contributed by atoms with Crippen molar-refractivity contribution in [3.05, 3.63) is 41.0 Å². The van der Waals surface area contributed by atoms with Gasteiger partial charge in [-0.05, 0) is 37.1 Å². The second kappa shape index (κ2) is 5.39. The maximum atomic E-state index is 13.1. The largest absolute Gasteiger partial charge is 0.463 e. The van der Waals surface area contributed by atoms with Crippen molar-refractivity contribution in [3.63, 3.8) is 0 Å². The van der Waals surface area contributed by atoms with Crippen LogP contribution in [0.3, 0.4) is 0 Å². The first-order chi connectivity index (χ1) is 7.56. The Morgan fingerprint density at radius 2 is 2.12 bits per heavy atom. The van der Waals surface area contributed by atoms with E-state index in [0.717, 1.165) is 6.07 Å². The zero-order valence-electron chi connectivity index (χ0n) is 9.09. The molecule has 1 aromatic rings. The van der Waals surface area contributed by atoms with Gasteiger partial charge in [-0.2, -0.15) is 0 Å². The van der Waals surface area contributed by atoms with Crippen molar-refractivity contribution in [1.29, 1.82) is 0 Å². The second-order valence-electron chi connectivity index (χ2n) is 3.16. The lowest BCUT2D eigenvalue weighted by atomic mass is 10.1. The fourth-order valence-corrected chi connectivity index (χ4v) is 1.20. The molecule has 4 heteroatoms. The molecule has 0 saturated heterocycles. The second-order valence-corrected chi connectivity index (χ2v) is 3.16. The number of benzene rings is 1. The average molecular weight is 226 g/mol. The van der Waals surface area contributed by atoms with Crippen LogP contribution < -0.4 is 0 Å². The number of halogens is 2. The number of carbonyl (C=O) groups excluding carboxylic acids is 1. The van der Waals surface area contributed by atoms with E-state index in [9.17, 15) is 13.6 Å². The van der Waals surface area contributed by atoms with Gasteiger partial charge in [0.15, 0.2) is 11.6 Å². The Balaban J connectivity index is 2.90. The summed E-state index contributed by atoms with van der Waals surface area (Å²) in [6.45, 7) is 3.41. The zero-order valence-corrected chi connectivity index (χ0v) is 9.09. The normalized spacial score (nSPS) is 10.8. The van der Waals surface area contributed by atoms with E-state index in [4.69, 9.17) is 0 Å². The van der Waals surface area contributed by atoms with Gasteiger partial charge in [-0.3, -0.25) is 0 Å². The molecule has 0 spiro atoms. The molecule has 0 aromatic heterocycles. The Kier molecular flexibility index (Phi) is 4.17. The van der Waals surface area contributed by atoms with Gasteiger partial charge in [-0.1, -0.05) is 6.07 Å². The fraction of sp³-hybridized carbons (Fsp3) is 0.250. The molecule has 0 aliphatic rings. The highest BCUT2D eigenvalue weighted by Gasteiger charge is 2.07. The minimum absolute atomic E-state index is 0.167. The molecule has 0 N–H and O–H groups in total. The highest BCUT2D eigenvalue weighted by atomic mass is 19.2. The van der Waals surface area contributed by atoms with Crippen molar-refractivity contribution in [1.82, 2.24) is 0 Å². The molecule has 0 bridgehead atoms. The van der Waals surface area contributed by atoms with Gasteiger partial charge in [0.1, 0.15) is 0 Å². The van der Waals surface area contributed by atoms with E-state index < -0.39 is 17.6 Å². The SMILES string of the molecule is CCOC(=O)C=Cc1ccc(F)c(F)c1C. The summed E-state index contributed by atoms with van der Waals surface area (Å²) in [5.74, 6) is -2.30. The summed E-state index contributed by atoms with van der Waals surface area (Å²) in [6, 6.07) is 2.43. The molecule has 1 aromatic carbocycles. The highest BCUT2D eigenvalue weighted by Crippen LogP contribution is 2.16. The topological polar surface area (TPSA) is 26.3 Å². The Labute approximate surface area is 92.5 Å². The maximum absolute atomic E-state index is 13.1. The first-order valence-electron chi connectivity index (χ1n) is 4.85. The standard InChI is InChI=1S/C12H12F2O2/c1-3-16-11(15)7-5-9-4-6-10(13)12(14)8(9)2/h4-7H,3H2,1-2H3. The molecule has 0 radical (unpaired) electrons. The van der Waals surface area contributed by atoms with Crippen molar-refractivity contribution >= 4 is 12.0 Å². The van der Waals surface area contributed by atoms with Gasteiger partial charge < -0.3 is 4.74 Å². The van der Waals surface area contributed by atoms with Gasteiger partial charge in [0.05, 0.1) is 6.61 Å². The third-order valence-electron chi connectivity index (χ3n) is 2.07. The Hall–Kier alpha value is -1.71. The van der Waals surface area contributed by atoms with Crippen LogP contribution in [0, 0.1) is 18.6 Å². The lowest BCUT2D eigenvalue weighted by molar-refractivity contribution is -0.137. The molecule has 0 unspecified atom stereocenters. The molecule has 2 nitrogen and oxygen atoms in total. The molecular formula is C12H12F2O2. The predicted octanol–water partition coefficient (Wildman–Crippen LogP) is 2.85. The number of carbonyl (C=O) groups is 1. The molecule has 86 valence electrons. The first-order valence-corrected chi connectivity index (χ1v) is 4.85. The zero-order chi connectivity index (χ0) is 12.1. The van der Waals surface area contributed by atoms with Gasteiger partial charge in [0, 0.05) is 6.08 Å². The van der Waals surface area contributed by atoms with Crippen LogP contribution in [0.5, 0.6) is 0 Å². The van der Waals surface area contributed by atoms with Gasteiger partial charge in [0.25, 0.3) is 0 Å². The van der Waals surface area contributed by atoms with Crippen LogP contribution >= 0.6 is 0 Å².